The number of nitrogens with one attached hydrogen (secondary N) is 1. The molecule has 0 saturated carbocycles. The van der Waals surface area contributed by atoms with E-state index < -0.39 is 0 Å². The Morgan fingerprint density at radius 1 is 1.21 bits per heavy atom. The molecule has 0 fully saturated rings. The summed E-state index contributed by atoms with van der Waals surface area (Å²) in [6, 6.07) is 5.62. The topological polar surface area (TPSA) is 71.0 Å². The highest BCUT2D eigenvalue weighted by Crippen LogP contribution is 2.24. The summed E-state index contributed by atoms with van der Waals surface area (Å²) in [6.45, 7) is 0.797. The fourth-order valence-electron chi connectivity index (χ4n) is 1.90. The van der Waals surface area contributed by atoms with Gasteiger partial charge in [-0.25, -0.2) is 0 Å². The maximum absolute atomic E-state index is 9.12. The van der Waals surface area contributed by atoms with Gasteiger partial charge in [0.25, 0.3) is 0 Å². The van der Waals surface area contributed by atoms with Gasteiger partial charge in [0.05, 0.1) is 20.8 Å². The smallest absolute Gasteiger partial charge is 0.122 e. The van der Waals surface area contributed by atoms with E-state index >= 15 is 0 Å². The van der Waals surface area contributed by atoms with Gasteiger partial charge in [0.1, 0.15) is 11.5 Å². The molecule has 1 unspecified atom stereocenters. The molecule has 19 heavy (non-hydrogen) atoms. The molecular formula is C14H23NO4. The lowest BCUT2D eigenvalue weighted by Gasteiger charge is -2.16. The summed E-state index contributed by atoms with van der Waals surface area (Å²) >= 11 is 0. The van der Waals surface area contributed by atoms with Crippen LogP contribution in [0.25, 0.3) is 0 Å². The standard InChI is InChI=1S/C14H23NO4/c1-18-13-3-4-14(19-2)11(9-13)5-7-15-12(10-17)6-8-16/h3-4,9,12,15-17H,5-8,10H2,1-2H3. The molecule has 0 aromatic heterocycles. The first-order valence-corrected chi connectivity index (χ1v) is 6.41. The number of hydrogen-bond acceptors (Lipinski definition) is 5. The second-order valence-corrected chi connectivity index (χ2v) is 4.27. The average Bonchev–Trinajstić information content (AvgIpc) is 2.46. The van der Waals surface area contributed by atoms with Gasteiger partial charge in [-0.05, 0) is 43.1 Å². The molecule has 5 heteroatoms. The minimum Gasteiger partial charge on any atom is -0.497 e. The van der Waals surface area contributed by atoms with E-state index in [4.69, 9.17) is 19.7 Å². The normalized spacial score (nSPS) is 12.2. The van der Waals surface area contributed by atoms with Crippen molar-refractivity contribution in [3.05, 3.63) is 23.8 Å². The highest BCUT2D eigenvalue weighted by atomic mass is 16.5. The van der Waals surface area contributed by atoms with Crippen LogP contribution in [-0.4, -0.2) is 50.2 Å². The van der Waals surface area contributed by atoms with Crippen molar-refractivity contribution in [3.8, 4) is 11.5 Å². The van der Waals surface area contributed by atoms with Crippen LogP contribution in [0.3, 0.4) is 0 Å². The Kier molecular flexibility index (Phi) is 7.25. The van der Waals surface area contributed by atoms with Gasteiger partial charge in [-0.1, -0.05) is 0 Å². The Morgan fingerprint density at radius 2 is 2.00 bits per heavy atom. The zero-order valence-corrected chi connectivity index (χ0v) is 11.6. The van der Waals surface area contributed by atoms with Crippen LogP contribution in [0.4, 0.5) is 0 Å². The summed E-state index contributed by atoms with van der Waals surface area (Å²) in [6.07, 6.45) is 1.31. The van der Waals surface area contributed by atoms with Crippen molar-refractivity contribution in [1.82, 2.24) is 5.32 Å². The zero-order chi connectivity index (χ0) is 14.1. The third-order valence-corrected chi connectivity index (χ3v) is 3.01. The van der Waals surface area contributed by atoms with Crippen LogP contribution in [0, 0.1) is 0 Å². The number of hydrogen-bond donors (Lipinski definition) is 3. The van der Waals surface area contributed by atoms with Crippen molar-refractivity contribution in [3.63, 3.8) is 0 Å². The lowest BCUT2D eigenvalue weighted by molar-refractivity contribution is 0.201. The van der Waals surface area contributed by atoms with E-state index in [9.17, 15) is 0 Å². The van der Waals surface area contributed by atoms with Crippen LogP contribution in [0.15, 0.2) is 18.2 Å². The molecule has 1 atom stereocenters. The van der Waals surface area contributed by atoms with Gasteiger partial charge in [-0.2, -0.15) is 0 Å². The fourth-order valence-corrected chi connectivity index (χ4v) is 1.90. The summed E-state index contributed by atoms with van der Waals surface area (Å²) in [7, 11) is 3.27. The number of rotatable bonds is 9. The number of ether oxygens (including phenoxy) is 2. The molecule has 1 aromatic carbocycles. The van der Waals surface area contributed by atoms with Crippen molar-refractivity contribution in [2.75, 3.05) is 34.0 Å². The highest BCUT2D eigenvalue weighted by molar-refractivity contribution is 5.40. The third kappa shape index (κ3) is 5.06. The molecule has 0 radical (unpaired) electrons. The number of aliphatic hydroxyl groups excluding tert-OH is 2. The first kappa shape index (κ1) is 15.8. The van der Waals surface area contributed by atoms with Crippen molar-refractivity contribution in [2.24, 2.45) is 0 Å². The van der Waals surface area contributed by atoms with Crippen LogP contribution < -0.4 is 14.8 Å². The molecule has 0 aliphatic heterocycles. The van der Waals surface area contributed by atoms with E-state index in [1.165, 1.54) is 0 Å². The largest absolute Gasteiger partial charge is 0.497 e. The Labute approximate surface area is 114 Å². The highest BCUT2D eigenvalue weighted by Gasteiger charge is 2.08. The summed E-state index contributed by atoms with van der Waals surface area (Å²) in [4.78, 5) is 0. The van der Waals surface area contributed by atoms with Gasteiger partial charge in [0.2, 0.25) is 0 Å². The van der Waals surface area contributed by atoms with E-state index in [-0.39, 0.29) is 19.3 Å². The van der Waals surface area contributed by atoms with E-state index in [2.05, 4.69) is 5.32 Å². The summed E-state index contributed by atoms with van der Waals surface area (Å²) < 4.78 is 10.5. The zero-order valence-electron chi connectivity index (χ0n) is 11.6. The minimum atomic E-state index is -0.0680. The molecule has 0 spiro atoms. The first-order chi connectivity index (χ1) is 9.24. The molecular weight excluding hydrogens is 246 g/mol. The minimum absolute atomic E-state index is 0.0236. The Hall–Kier alpha value is -1.30. The van der Waals surface area contributed by atoms with Gasteiger partial charge < -0.3 is 25.0 Å². The molecule has 0 heterocycles. The molecule has 1 aromatic rings. The van der Waals surface area contributed by atoms with Crippen molar-refractivity contribution in [1.29, 1.82) is 0 Å². The van der Waals surface area contributed by atoms with Crippen molar-refractivity contribution >= 4 is 0 Å². The molecule has 0 bridgehead atoms. The first-order valence-electron chi connectivity index (χ1n) is 6.41. The van der Waals surface area contributed by atoms with Crippen LogP contribution in [0.2, 0.25) is 0 Å². The predicted molar refractivity (Wildman–Crippen MR) is 73.8 cm³/mol. The van der Waals surface area contributed by atoms with Crippen molar-refractivity contribution in [2.45, 2.75) is 18.9 Å². The van der Waals surface area contributed by atoms with E-state index in [0.29, 0.717) is 13.0 Å². The van der Waals surface area contributed by atoms with E-state index in [1.54, 1.807) is 14.2 Å². The number of methoxy groups -OCH3 is 2. The second-order valence-electron chi connectivity index (χ2n) is 4.27. The lowest BCUT2D eigenvalue weighted by atomic mass is 10.1. The molecule has 0 aliphatic carbocycles. The quantitative estimate of drug-likeness (QED) is 0.612. The van der Waals surface area contributed by atoms with Crippen LogP contribution in [0.1, 0.15) is 12.0 Å². The van der Waals surface area contributed by atoms with E-state index in [1.807, 2.05) is 18.2 Å². The SMILES string of the molecule is COc1ccc(OC)c(CCNC(CO)CCO)c1. The third-order valence-electron chi connectivity index (χ3n) is 3.01. The number of aliphatic hydroxyl groups is 2. The van der Waals surface area contributed by atoms with Gasteiger partial charge in [-0.15, -0.1) is 0 Å². The molecule has 0 saturated heterocycles. The van der Waals surface area contributed by atoms with Gasteiger partial charge in [0, 0.05) is 12.6 Å². The summed E-state index contributed by atoms with van der Waals surface area (Å²) in [5.74, 6) is 1.62. The maximum atomic E-state index is 9.12. The van der Waals surface area contributed by atoms with Gasteiger partial charge in [-0.3, -0.25) is 0 Å². The maximum Gasteiger partial charge on any atom is 0.122 e. The van der Waals surface area contributed by atoms with Crippen LogP contribution in [0.5, 0.6) is 11.5 Å². The lowest BCUT2D eigenvalue weighted by Crippen LogP contribution is -2.34. The molecule has 0 aliphatic rings. The van der Waals surface area contributed by atoms with Gasteiger partial charge >= 0.3 is 0 Å². The van der Waals surface area contributed by atoms with E-state index in [0.717, 1.165) is 23.5 Å². The fraction of sp³-hybridized carbons (Fsp3) is 0.571. The van der Waals surface area contributed by atoms with Crippen LogP contribution >= 0.6 is 0 Å². The predicted octanol–water partition coefficient (Wildman–Crippen LogP) is 0.579. The second kappa shape index (κ2) is 8.74. The monoisotopic (exact) mass is 269 g/mol. The molecule has 5 nitrogen and oxygen atoms in total. The molecule has 108 valence electrons. The summed E-state index contributed by atoms with van der Waals surface area (Å²) in [5.41, 5.74) is 1.05. The Bertz CT molecular complexity index is 370. The number of benzene rings is 1. The molecule has 3 N–H and O–H groups in total. The Balaban J connectivity index is 2.55. The summed E-state index contributed by atoms with van der Waals surface area (Å²) in [5, 5.41) is 21.2. The average molecular weight is 269 g/mol. The molecule has 1 rings (SSSR count). The molecule has 0 amide bonds. The van der Waals surface area contributed by atoms with Crippen molar-refractivity contribution < 1.29 is 19.7 Å². The van der Waals surface area contributed by atoms with Gasteiger partial charge in [0.15, 0.2) is 0 Å². The Morgan fingerprint density at radius 3 is 2.58 bits per heavy atom. The van der Waals surface area contributed by atoms with Crippen LogP contribution in [-0.2, 0) is 6.42 Å².